The number of unbranched alkanes of at least 4 members (excludes halogenated alkanes) is 1. The highest BCUT2D eigenvalue weighted by atomic mass is 16.6. The van der Waals surface area contributed by atoms with Gasteiger partial charge in [-0.1, -0.05) is 26.7 Å². The van der Waals surface area contributed by atoms with Gasteiger partial charge in [0, 0.05) is 32.7 Å². The maximum Gasteiger partial charge on any atom is 0.310 e. The third-order valence-electron chi connectivity index (χ3n) is 4.21. The Labute approximate surface area is 110 Å². The number of nitrogens with zero attached hydrogens (tertiary/aromatic N) is 2. The van der Waals surface area contributed by atoms with Crippen LogP contribution < -0.4 is 0 Å². The number of hydrogen-bond acceptors (Lipinski definition) is 4. The van der Waals surface area contributed by atoms with Gasteiger partial charge >= 0.3 is 5.97 Å². The van der Waals surface area contributed by atoms with Gasteiger partial charge in [0.2, 0.25) is 0 Å². The van der Waals surface area contributed by atoms with E-state index >= 15 is 0 Å². The zero-order valence-electron chi connectivity index (χ0n) is 11.7. The minimum absolute atomic E-state index is 0.00989. The van der Waals surface area contributed by atoms with Gasteiger partial charge in [-0.3, -0.25) is 14.6 Å². The first-order valence-corrected chi connectivity index (χ1v) is 7.41. The largest absolute Gasteiger partial charge is 0.445 e. The molecule has 3 saturated heterocycles. The van der Waals surface area contributed by atoms with Crippen molar-refractivity contribution >= 4 is 5.97 Å². The van der Waals surface area contributed by atoms with Gasteiger partial charge in [-0.2, -0.15) is 0 Å². The number of rotatable bonds is 6. The Hall–Kier alpha value is -0.610. The summed E-state index contributed by atoms with van der Waals surface area (Å²) in [4.78, 5) is 16.9. The molecular formula is C14H26N2O2. The van der Waals surface area contributed by atoms with E-state index in [4.69, 9.17) is 4.74 Å². The van der Waals surface area contributed by atoms with Crippen molar-refractivity contribution in [1.29, 1.82) is 0 Å². The van der Waals surface area contributed by atoms with Crippen molar-refractivity contribution in [2.45, 2.75) is 45.8 Å². The smallest absolute Gasteiger partial charge is 0.310 e. The van der Waals surface area contributed by atoms with Crippen LogP contribution in [-0.4, -0.2) is 54.7 Å². The normalized spacial score (nSPS) is 32.2. The second-order valence-corrected chi connectivity index (χ2v) is 5.48. The lowest BCUT2D eigenvalue weighted by atomic mass is 10.00. The van der Waals surface area contributed by atoms with E-state index in [2.05, 4.69) is 23.6 Å². The summed E-state index contributed by atoms with van der Waals surface area (Å²) >= 11 is 0. The van der Waals surface area contributed by atoms with Crippen LogP contribution in [0.4, 0.5) is 0 Å². The van der Waals surface area contributed by atoms with Crippen LogP contribution in [0.5, 0.6) is 0 Å². The number of fused-ring (bicyclic) bond motifs is 3. The van der Waals surface area contributed by atoms with E-state index in [0.717, 1.165) is 58.4 Å². The summed E-state index contributed by atoms with van der Waals surface area (Å²) in [5.74, 6) is 0.117. The van der Waals surface area contributed by atoms with Crippen LogP contribution in [0.25, 0.3) is 0 Å². The molecular weight excluding hydrogens is 228 g/mol. The Morgan fingerprint density at radius 1 is 1.28 bits per heavy atom. The van der Waals surface area contributed by atoms with Gasteiger partial charge in [0.25, 0.3) is 0 Å². The molecule has 4 nitrogen and oxygen atoms in total. The summed E-state index contributed by atoms with van der Waals surface area (Å²) in [6.45, 7) is 9.49. The lowest BCUT2D eigenvalue weighted by molar-refractivity contribution is -0.178. The Morgan fingerprint density at radius 3 is 2.50 bits per heavy atom. The number of esters is 1. The molecule has 2 atom stereocenters. The molecule has 3 aliphatic rings. The highest BCUT2D eigenvalue weighted by Crippen LogP contribution is 2.20. The fourth-order valence-electron chi connectivity index (χ4n) is 2.85. The Kier molecular flexibility index (Phi) is 5.01. The predicted octanol–water partition coefficient (Wildman–Crippen LogP) is 1.70. The number of carbonyl (C=O) groups excluding carboxylic acids is 1. The lowest BCUT2D eigenvalue weighted by Gasteiger charge is -2.46. The van der Waals surface area contributed by atoms with E-state index in [0.29, 0.717) is 0 Å². The molecule has 2 unspecified atom stereocenters. The van der Waals surface area contributed by atoms with Crippen molar-refractivity contribution in [3.05, 3.63) is 0 Å². The van der Waals surface area contributed by atoms with E-state index in [1.807, 2.05) is 0 Å². The SMILES string of the molecule is CCCCC(CC)C(=O)OC1CN2CCN1CC2. The second kappa shape index (κ2) is 6.53. The Balaban J connectivity index is 1.82. The summed E-state index contributed by atoms with van der Waals surface area (Å²) in [5, 5.41) is 0. The monoisotopic (exact) mass is 254 g/mol. The summed E-state index contributed by atoms with van der Waals surface area (Å²) in [7, 11) is 0. The summed E-state index contributed by atoms with van der Waals surface area (Å²) in [6, 6.07) is 0. The van der Waals surface area contributed by atoms with E-state index < -0.39 is 0 Å². The topological polar surface area (TPSA) is 32.8 Å². The van der Waals surface area contributed by atoms with Gasteiger partial charge in [-0.15, -0.1) is 0 Å². The molecule has 3 rings (SSSR count). The average molecular weight is 254 g/mol. The molecule has 3 heterocycles. The van der Waals surface area contributed by atoms with Crippen LogP contribution in [0.3, 0.4) is 0 Å². The van der Waals surface area contributed by atoms with Gasteiger partial charge < -0.3 is 4.74 Å². The quantitative estimate of drug-likeness (QED) is 0.676. The van der Waals surface area contributed by atoms with Crippen LogP contribution in [0.1, 0.15) is 39.5 Å². The second-order valence-electron chi connectivity index (χ2n) is 5.48. The van der Waals surface area contributed by atoms with Gasteiger partial charge in [0.15, 0.2) is 6.23 Å². The number of carbonyl (C=O) groups is 1. The van der Waals surface area contributed by atoms with E-state index in [9.17, 15) is 4.79 Å². The molecule has 0 N–H and O–H groups in total. The van der Waals surface area contributed by atoms with Gasteiger partial charge in [0.1, 0.15) is 0 Å². The maximum absolute atomic E-state index is 12.2. The molecule has 104 valence electrons. The lowest BCUT2D eigenvalue weighted by Crippen LogP contribution is -2.62. The average Bonchev–Trinajstić information content (AvgIpc) is 2.41. The molecule has 0 amide bonds. The Morgan fingerprint density at radius 2 is 2.00 bits per heavy atom. The fraction of sp³-hybridized carbons (Fsp3) is 0.929. The summed E-state index contributed by atoms with van der Waals surface area (Å²) < 4.78 is 5.72. The minimum atomic E-state index is 0.00989. The molecule has 2 bridgehead atoms. The fourth-order valence-corrected chi connectivity index (χ4v) is 2.85. The minimum Gasteiger partial charge on any atom is -0.445 e. The van der Waals surface area contributed by atoms with Crippen LogP contribution in [0, 0.1) is 5.92 Å². The molecule has 4 heteroatoms. The van der Waals surface area contributed by atoms with Gasteiger partial charge in [-0.05, 0) is 12.8 Å². The van der Waals surface area contributed by atoms with Crippen molar-refractivity contribution in [2.24, 2.45) is 5.92 Å². The summed E-state index contributed by atoms with van der Waals surface area (Å²) in [6.07, 6.45) is 4.15. The first-order chi connectivity index (χ1) is 8.74. The molecule has 0 aliphatic carbocycles. The van der Waals surface area contributed by atoms with Crippen molar-refractivity contribution in [2.75, 3.05) is 32.7 Å². The van der Waals surface area contributed by atoms with E-state index in [-0.39, 0.29) is 18.1 Å². The molecule has 0 aromatic heterocycles. The molecule has 0 spiro atoms. The van der Waals surface area contributed by atoms with Gasteiger partial charge in [-0.25, -0.2) is 0 Å². The molecule has 0 aromatic carbocycles. The number of piperazine rings is 3. The molecule has 0 aromatic rings. The first kappa shape index (κ1) is 13.8. The van der Waals surface area contributed by atoms with Crippen LogP contribution in [-0.2, 0) is 9.53 Å². The molecule has 0 saturated carbocycles. The zero-order valence-corrected chi connectivity index (χ0v) is 11.7. The standard InChI is InChI=1S/C14H26N2O2/c1-3-5-6-12(4-2)14(17)18-13-11-15-7-9-16(13)10-8-15/h12-13H,3-11H2,1-2H3. The highest BCUT2D eigenvalue weighted by molar-refractivity contribution is 5.72. The van der Waals surface area contributed by atoms with Crippen molar-refractivity contribution in [3.63, 3.8) is 0 Å². The van der Waals surface area contributed by atoms with E-state index in [1.165, 1.54) is 0 Å². The first-order valence-electron chi connectivity index (χ1n) is 7.41. The van der Waals surface area contributed by atoms with Crippen molar-refractivity contribution in [1.82, 2.24) is 9.80 Å². The Bertz CT molecular complexity index is 275. The van der Waals surface area contributed by atoms with Gasteiger partial charge in [0.05, 0.1) is 5.92 Å². The summed E-state index contributed by atoms with van der Waals surface area (Å²) in [5.41, 5.74) is 0. The van der Waals surface area contributed by atoms with Crippen LogP contribution >= 0.6 is 0 Å². The molecule has 3 fully saturated rings. The maximum atomic E-state index is 12.2. The predicted molar refractivity (Wildman–Crippen MR) is 71.2 cm³/mol. The molecule has 0 radical (unpaired) electrons. The van der Waals surface area contributed by atoms with Crippen LogP contribution in [0.15, 0.2) is 0 Å². The third-order valence-corrected chi connectivity index (χ3v) is 4.21. The van der Waals surface area contributed by atoms with Crippen molar-refractivity contribution < 1.29 is 9.53 Å². The molecule has 3 aliphatic heterocycles. The zero-order chi connectivity index (χ0) is 13.0. The number of hydrogen-bond donors (Lipinski definition) is 0. The molecule has 18 heavy (non-hydrogen) atoms. The highest BCUT2D eigenvalue weighted by Gasteiger charge is 2.35. The third kappa shape index (κ3) is 3.23. The van der Waals surface area contributed by atoms with E-state index in [1.54, 1.807) is 0 Å². The van der Waals surface area contributed by atoms with Crippen LogP contribution in [0.2, 0.25) is 0 Å². The van der Waals surface area contributed by atoms with Crippen molar-refractivity contribution in [3.8, 4) is 0 Å². The number of ether oxygens (including phenoxy) is 1.